The number of carbonyl (C=O) groups is 2. The smallest absolute Gasteiger partial charge is 0.164 e. The standard InChI is InChI=1S/C16H20O3/c1-6-8-13-12(7-2)9(3)14(10(4)17)15(11(5)18)16(13)19/h6,19H,1,7-8H2,2-5H3. The molecule has 0 spiro atoms. The van der Waals surface area contributed by atoms with Gasteiger partial charge < -0.3 is 5.11 Å². The van der Waals surface area contributed by atoms with Crippen molar-refractivity contribution in [2.75, 3.05) is 0 Å². The van der Waals surface area contributed by atoms with Crippen LogP contribution >= 0.6 is 0 Å². The highest BCUT2D eigenvalue weighted by Gasteiger charge is 2.24. The van der Waals surface area contributed by atoms with Crippen molar-refractivity contribution < 1.29 is 14.7 Å². The first-order valence-electron chi connectivity index (χ1n) is 6.36. The van der Waals surface area contributed by atoms with E-state index < -0.39 is 0 Å². The third kappa shape index (κ3) is 2.60. The van der Waals surface area contributed by atoms with Crippen LogP contribution in [-0.4, -0.2) is 16.7 Å². The van der Waals surface area contributed by atoms with E-state index in [1.807, 2.05) is 13.8 Å². The molecule has 0 aliphatic rings. The van der Waals surface area contributed by atoms with E-state index >= 15 is 0 Å². The second kappa shape index (κ2) is 5.83. The van der Waals surface area contributed by atoms with Gasteiger partial charge in [0.25, 0.3) is 0 Å². The molecule has 19 heavy (non-hydrogen) atoms. The number of hydrogen-bond acceptors (Lipinski definition) is 3. The van der Waals surface area contributed by atoms with Gasteiger partial charge in [0.05, 0.1) is 5.56 Å². The van der Waals surface area contributed by atoms with Crippen LogP contribution < -0.4 is 0 Å². The molecule has 0 aliphatic heterocycles. The van der Waals surface area contributed by atoms with Gasteiger partial charge in [0.2, 0.25) is 0 Å². The maximum absolute atomic E-state index is 11.8. The van der Waals surface area contributed by atoms with Crippen LogP contribution in [0.2, 0.25) is 0 Å². The first-order chi connectivity index (χ1) is 8.86. The molecular weight excluding hydrogens is 240 g/mol. The number of Topliss-reactive ketones (excluding diaryl/α,β-unsaturated/α-hetero) is 2. The number of phenols is 1. The van der Waals surface area contributed by atoms with Crippen molar-refractivity contribution in [3.05, 3.63) is 40.5 Å². The SMILES string of the molecule is C=CCc1c(O)c(C(C)=O)c(C(C)=O)c(C)c1CC. The summed E-state index contributed by atoms with van der Waals surface area (Å²) in [6.07, 6.45) is 2.86. The molecule has 0 saturated carbocycles. The molecule has 0 aromatic heterocycles. The molecule has 1 aromatic rings. The predicted molar refractivity (Wildman–Crippen MR) is 76.1 cm³/mol. The predicted octanol–water partition coefficient (Wildman–Crippen LogP) is 3.40. The second-order valence-electron chi connectivity index (χ2n) is 4.64. The van der Waals surface area contributed by atoms with Gasteiger partial charge in [0.1, 0.15) is 5.75 Å². The summed E-state index contributed by atoms with van der Waals surface area (Å²) in [6, 6.07) is 0. The fourth-order valence-corrected chi connectivity index (χ4v) is 2.60. The number of hydrogen-bond donors (Lipinski definition) is 1. The molecule has 3 nitrogen and oxygen atoms in total. The first-order valence-corrected chi connectivity index (χ1v) is 6.36. The summed E-state index contributed by atoms with van der Waals surface area (Å²) in [6.45, 7) is 10.2. The van der Waals surface area contributed by atoms with Crippen molar-refractivity contribution >= 4 is 11.6 Å². The second-order valence-corrected chi connectivity index (χ2v) is 4.64. The number of benzene rings is 1. The lowest BCUT2D eigenvalue weighted by atomic mass is 9.86. The molecular formula is C16H20O3. The zero-order chi connectivity index (χ0) is 14.7. The topological polar surface area (TPSA) is 54.4 Å². The van der Waals surface area contributed by atoms with Crippen molar-refractivity contribution in [1.29, 1.82) is 0 Å². The monoisotopic (exact) mass is 260 g/mol. The zero-order valence-electron chi connectivity index (χ0n) is 12.0. The van der Waals surface area contributed by atoms with E-state index in [1.54, 1.807) is 6.08 Å². The van der Waals surface area contributed by atoms with E-state index in [9.17, 15) is 14.7 Å². The fourth-order valence-electron chi connectivity index (χ4n) is 2.60. The Morgan fingerprint density at radius 1 is 1.16 bits per heavy atom. The van der Waals surface area contributed by atoms with Crippen molar-refractivity contribution in [3.63, 3.8) is 0 Å². The van der Waals surface area contributed by atoms with Crippen molar-refractivity contribution in [2.45, 2.75) is 40.5 Å². The molecule has 1 rings (SSSR count). The van der Waals surface area contributed by atoms with Crippen LogP contribution in [0, 0.1) is 6.92 Å². The van der Waals surface area contributed by atoms with Crippen LogP contribution in [0.15, 0.2) is 12.7 Å². The Balaban J connectivity index is 3.86. The number of rotatable bonds is 5. The van der Waals surface area contributed by atoms with Crippen LogP contribution in [0.3, 0.4) is 0 Å². The van der Waals surface area contributed by atoms with Gasteiger partial charge >= 0.3 is 0 Å². The third-order valence-electron chi connectivity index (χ3n) is 3.37. The minimum atomic E-state index is -0.293. The van der Waals surface area contributed by atoms with Gasteiger partial charge in [0, 0.05) is 11.1 Å². The summed E-state index contributed by atoms with van der Waals surface area (Å²) >= 11 is 0. The van der Waals surface area contributed by atoms with Gasteiger partial charge in [0.15, 0.2) is 11.6 Å². The van der Waals surface area contributed by atoms with E-state index in [0.717, 1.165) is 11.1 Å². The highest BCUT2D eigenvalue weighted by atomic mass is 16.3. The Bertz CT molecular complexity index is 554. The zero-order valence-corrected chi connectivity index (χ0v) is 12.0. The molecule has 0 saturated heterocycles. The number of aromatic hydroxyl groups is 1. The summed E-state index contributed by atoms with van der Waals surface area (Å²) in [5, 5.41) is 10.3. The van der Waals surface area contributed by atoms with Crippen molar-refractivity contribution in [2.24, 2.45) is 0 Å². The molecule has 1 aromatic carbocycles. The first kappa shape index (κ1) is 15.2. The Labute approximate surface area is 114 Å². The van der Waals surface area contributed by atoms with Gasteiger partial charge in [-0.3, -0.25) is 9.59 Å². The highest BCUT2D eigenvalue weighted by molar-refractivity contribution is 6.10. The molecule has 102 valence electrons. The number of carbonyl (C=O) groups excluding carboxylic acids is 2. The lowest BCUT2D eigenvalue weighted by Crippen LogP contribution is -2.12. The van der Waals surface area contributed by atoms with Gasteiger partial charge in [-0.15, -0.1) is 6.58 Å². The Hall–Kier alpha value is -1.90. The molecule has 0 unspecified atom stereocenters. The van der Waals surface area contributed by atoms with Crippen LogP contribution in [0.25, 0.3) is 0 Å². The lowest BCUT2D eigenvalue weighted by Gasteiger charge is -2.19. The summed E-state index contributed by atoms with van der Waals surface area (Å²) in [5.41, 5.74) is 2.89. The van der Waals surface area contributed by atoms with Crippen molar-refractivity contribution in [1.82, 2.24) is 0 Å². The molecule has 1 N–H and O–H groups in total. The summed E-state index contributed by atoms with van der Waals surface area (Å²) in [5.74, 6) is -0.559. The lowest BCUT2D eigenvalue weighted by molar-refractivity contribution is 0.0977. The fraction of sp³-hybridized carbons (Fsp3) is 0.375. The van der Waals surface area contributed by atoms with Gasteiger partial charge in [-0.25, -0.2) is 0 Å². The van der Waals surface area contributed by atoms with Crippen LogP contribution in [-0.2, 0) is 12.8 Å². The van der Waals surface area contributed by atoms with Crippen molar-refractivity contribution in [3.8, 4) is 5.75 Å². The summed E-state index contributed by atoms with van der Waals surface area (Å²) in [4.78, 5) is 23.6. The molecule has 0 atom stereocenters. The molecule has 0 aliphatic carbocycles. The van der Waals surface area contributed by atoms with Gasteiger partial charge in [-0.1, -0.05) is 13.0 Å². The average molecular weight is 260 g/mol. The summed E-state index contributed by atoms with van der Waals surface area (Å²) < 4.78 is 0. The molecule has 0 heterocycles. The maximum Gasteiger partial charge on any atom is 0.164 e. The Morgan fingerprint density at radius 2 is 1.68 bits per heavy atom. The molecule has 0 bridgehead atoms. The maximum atomic E-state index is 11.8. The Morgan fingerprint density at radius 3 is 2.05 bits per heavy atom. The number of allylic oxidation sites excluding steroid dienone is 1. The van der Waals surface area contributed by atoms with E-state index in [2.05, 4.69) is 6.58 Å². The van der Waals surface area contributed by atoms with Gasteiger partial charge in [-0.2, -0.15) is 0 Å². The highest BCUT2D eigenvalue weighted by Crippen LogP contribution is 2.34. The normalized spacial score (nSPS) is 10.3. The van der Waals surface area contributed by atoms with Crippen LogP contribution in [0.1, 0.15) is 58.2 Å². The van der Waals surface area contributed by atoms with E-state index in [4.69, 9.17) is 0 Å². The molecule has 0 fully saturated rings. The van der Waals surface area contributed by atoms with E-state index in [1.165, 1.54) is 13.8 Å². The molecule has 3 heteroatoms. The molecule has 0 amide bonds. The average Bonchev–Trinajstić information content (AvgIpc) is 2.32. The minimum absolute atomic E-state index is 0.0694. The van der Waals surface area contributed by atoms with E-state index in [0.29, 0.717) is 24.0 Å². The quantitative estimate of drug-likeness (QED) is 0.652. The van der Waals surface area contributed by atoms with Gasteiger partial charge in [-0.05, 0) is 44.7 Å². The van der Waals surface area contributed by atoms with E-state index in [-0.39, 0.29) is 22.9 Å². The third-order valence-corrected chi connectivity index (χ3v) is 3.37. The summed E-state index contributed by atoms with van der Waals surface area (Å²) in [7, 11) is 0. The largest absolute Gasteiger partial charge is 0.507 e. The van der Waals surface area contributed by atoms with Crippen LogP contribution in [0.5, 0.6) is 5.75 Å². The molecule has 0 radical (unpaired) electrons. The Kier molecular flexibility index (Phi) is 4.65. The van der Waals surface area contributed by atoms with Crippen LogP contribution in [0.4, 0.5) is 0 Å². The minimum Gasteiger partial charge on any atom is -0.507 e. The number of phenolic OH excluding ortho intramolecular Hbond substituents is 1. The number of ketones is 2.